The molecule has 1 saturated heterocycles. The number of amides is 1. The number of rotatable bonds is 5. The van der Waals surface area contributed by atoms with Crippen LogP contribution < -0.4 is 4.31 Å². The Balaban J connectivity index is 2.22. The Hall–Kier alpha value is -2.09. The lowest BCUT2D eigenvalue weighted by Crippen LogP contribution is -2.51. The number of aryl methyl sites for hydroxylation is 2. The largest absolute Gasteiger partial charge is 0.469 e. The van der Waals surface area contributed by atoms with E-state index >= 15 is 0 Å². The smallest absolute Gasteiger partial charge is 0.308 e. The fourth-order valence-corrected chi connectivity index (χ4v) is 4.80. The first-order valence-electron chi connectivity index (χ1n) is 8.99. The Bertz CT molecular complexity index is 793. The topological polar surface area (TPSA) is 84.0 Å². The van der Waals surface area contributed by atoms with Gasteiger partial charge in [-0.05, 0) is 56.9 Å². The van der Waals surface area contributed by atoms with Crippen molar-refractivity contribution >= 4 is 27.6 Å². The second-order valence-corrected chi connectivity index (χ2v) is 9.06. The third-order valence-corrected chi connectivity index (χ3v) is 6.11. The number of anilines is 1. The number of carbonyl (C=O) groups is 2. The Morgan fingerprint density at radius 1 is 1.15 bits per heavy atom. The molecule has 1 amide bonds. The van der Waals surface area contributed by atoms with Crippen molar-refractivity contribution in [2.45, 2.75) is 39.7 Å². The van der Waals surface area contributed by atoms with Gasteiger partial charge in [0, 0.05) is 13.1 Å². The lowest BCUT2D eigenvalue weighted by atomic mass is 9.96. The number of sulfonamides is 1. The quantitative estimate of drug-likeness (QED) is 0.710. The first-order valence-corrected chi connectivity index (χ1v) is 10.8. The van der Waals surface area contributed by atoms with E-state index in [1.165, 1.54) is 11.4 Å². The van der Waals surface area contributed by atoms with Gasteiger partial charge in [-0.1, -0.05) is 6.07 Å². The molecule has 8 heteroatoms. The van der Waals surface area contributed by atoms with Crippen molar-refractivity contribution in [3.63, 3.8) is 0 Å². The maximum absolute atomic E-state index is 13.0. The molecular formula is C19H28N2O5S. The molecule has 1 aromatic carbocycles. The van der Waals surface area contributed by atoms with E-state index in [9.17, 15) is 18.0 Å². The molecule has 0 radical (unpaired) electrons. The van der Waals surface area contributed by atoms with Crippen molar-refractivity contribution in [3.8, 4) is 0 Å². The van der Waals surface area contributed by atoms with Crippen molar-refractivity contribution in [1.82, 2.24) is 4.90 Å². The number of esters is 1. The first-order chi connectivity index (χ1) is 12.5. The molecule has 0 saturated carbocycles. The standard InChI is InChI=1S/C19H28N2O5S/c1-13-10-14(2)12-17(11-13)21(27(5,24)25)15(3)18(22)20-8-6-16(7-9-20)19(23)26-4/h10-12,15-16H,6-9H2,1-5H3/t15-/m0/s1. The Kier molecular flexibility index (Phi) is 6.51. The fourth-order valence-electron chi connectivity index (χ4n) is 3.65. The van der Waals surface area contributed by atoms with E-state index in [4.69, 9.17) is 4.74 Å². The van der Waals surface area contributed by atoms with Crippen LogP contribution in [-0.4, -0.2) is 57.7 Å². The summed E-state index contributed by atoms with van der Waals surface area (Å²) in [7, 11) is -2.29. The first kappa shape index (κ1) is 21.2. The second kappa shape index (κ2) is 8.29. The van der Waals surface area contributed by atoms with Gasteiger partial charge >= 0.3 is 5.97 Å². The minimum Gasteiger partial charge on any atom is -0.469 e. The molecule has 1 atom stereocenters. The highest BCUT2D eigenvalue weighted by atomic mass is 32.2. The highest BCUT2D eigenvalue weighted by Gasteiger charge is 2.35. The molecule has 1 aromatic rings. The van der Waals surface area contributed by atoms with Crippen molar-refractivity contribution in [1.29, 1.82) is 0 Å². The lowest BCUT2D eigenvalue weighted by Gasteiger charge is -2.36. The molecule has 2 rings (SSSR count). The molecule has 27 heavy (non-hydrogen) atoms. The molecule has 0 unspecified atom stereocenters. The Morgan fingerprint density at radius 2 is 1.67 bits per heavy atom. The van der Waals surface area contributed by atoms with Crippen LogP contribution in [0.15, 0.2) is 18.2 Å². The zero-order valence-corrected chi connectivity index (χ0v) is 17.4. The number of nitrogens with zero attached hydrogens (tertiary/aromatic N) is 2. The molecule has 0 spiro atoms. The summed E-state index contributed by atoms with van der Waals surface area (Å²) in [4.78, 5) is 26.3. The van der Waals surface area contributed by atoms with Crippen molar-refractivity contribution in [3.05, 3.63) is 29.3 Å². The summed E-state index contributed by atoms with van der Waals surface area (Å²) >= 11 is 0. The van der Waals surface area contributed by atoms with E-state index in [2.05, 4.69) is 0 Å². The third kappa shape index (κ3) is 5.00. The summed E-state index contributed by atoms with van der Waals surface area (Å²) in [6, 6.07) is 4.62. The number of likely N-dealkylation sites (tertiary alicyclic amines) is 1. The molecule has 0 N–H and O–H groups in total. The zero-order chi connectivity index (χ0) is 20.4. The van der Waals surface area contributed by atoms with Gasteiger partial charge in [-0.25, -0.2) is 8.42 Å². The zero-order valence-electron chi connectivity index (χ0n) is 16.6. The minimum atomic E-state index is -3.65. The molecule has 150 valence electrons. The van der Waals surface area contributed by atoms with Gasteiger partial charge in [0.25, 0.3) is 0 Å². The number of hydrogen-bond acceptors (Lipinski definition) is 5. The molecule has 1 aliphatic heterocycles. The van der Waals surface area contributed by atoms with Crippen LogP contribution in [-0.2, 0) is 24.3 Å². The highest BCUT2D eigenvalue weighted by Crippen LogP contribution is 2.26. The van der Waals surface area contributed by atoms with Gasteiger partial charge < -0.3 is 9.64 Å². The van der Waals surface area contributed by atoms with Gasteiger partial charge in [-0.2, -0.15) is 0 Å². The monoisotopic (exact) mass is 396 g/mol. The average molecular weight is 397 g/mol. The van der Waals surface area contributed by atoms with Crippen LogP contribution >= 0.6 is 0 Å². The highest BCUT2D eigenvalue weighted by molar-refractivity contribution is 7.92. The Morgan fingerprint density at radius 3 is 2.11 bits per heavy atom. The van der Waals surface area contributed by atoms with Gasteiger partial charge in [-0.3, -0.25) is 13.9 Å². The van der Waals surface area contributed by atoms with Crippen LogP contribution in [0.5, 0.6) is 0 Å². The van der Waals surface area contributed by atoms with Crippen molar-refractivity contribution in [2.75, 3.05) is 30.8 Å². The third-order valence-electron chi connectivity index (χ3n) is 4.87. The number of hydrogen-bond donors (Lipinski definition) is 0. The van der Waals surface area contributed by atoms with Crippen LogP contribution in [0.4, 0.5) is 5.69 Å². The van der Waals surface area contributed by atoms with Crippen LogP contribution in [0.2, 0.25) is 0 Å². The van der Waals surface area contributed by atoms with E-state index in [0.717, 1.165) is 17.4 Å². The predicted octanol–water partition coefficient (Wildman–Crippen LogP) is 1.87. The predicted molar refractivity (Wildman–Crippen MR) is 104 cm³/mol. The van der Waals surface area contributed by atoms with E-state index in [1.807, 2.05) is 19.9 Å². The summed E-state index contributed by atoms with van der Waals surface area (Å²) in [5, 5.41) is 0. The minimum absolute atomic E-state index is 0.209. The second-order valence-electron chi connectivity index (χ2n) is 7.20. The summed E-state index contributed by atoms with van der Waals surface area (Å²) in [6.45, 7) is 6.20. The van der Waals surface area contributed by atoms with Gasteiger partial charge in [0.1, 0.15) is 6.04 Å². The summed E-state index contributed by atoms with van der Waals surface area (Å²) in [5.41, 5.74) is 2.34. The number of carbonyl (C=O) groups excluding carboxylic acids is 2. The fraction of sp³-hybridized carbons (Fsp3) is 0.579. The Labute approximate surface area is 161 Å². The average Bonchev–Trinajstić information content (AvgIpc) is 2.58. The normalized spacial score (nSPS) is 16.7. The van der Waals surface area contributed by atoms with Crippen molar-refractivity contribution < 1.29 is 22.7 Å². The van der Waals surface area contributed by atoms with E-state index in [-0.39, 0.29) is 17.8 Å². The number of benzene rings is 1. The maximum atomic E-state index is 13.0. The lowest BCUT2D eigenvalue weighted by molar-refractivity contribution is -0.149. The van der Waals surface area contributed by atoms with E-state index < -0.39 is 16.1 Å². The van der Waals surface area contributed by atoms with Crippen LogP contribution in [0.1, 0.15) is 30.9 Å². The van der Waals surface area contributed by atoms with Gasteiger partial charge in [-0.15, -0.1) is 0 Å². The van der Waals surface area contributed by atoms with Crippen LogP contribution in [0.25, 0.3) is 0 Å². The summed E-state index contributed by atoms with van der Waals surface area (Å²) in [5.74, 6) is -0.731. The molecule has 1 aliphatic rings. The van der Waals surface area contributed by atoms with Gasteiger partial charge in [0.2, 0.25) is 15.9 Å². The number of piperidine rings is 1. The maximum Gasteiger partial charge on any atom is 0.308 e. The molecule has 0 aliphatic carbocycles. The number of methoxy groups -OCH3 is 1. The van der Waals surface area contributed by atoms with Gasteiger partial charge in [0.15, 0.2) is 0 Å². The van der Waals surface area contributed by atoms with Crippen LogP contribution in [0.3, 0.4) is 0 Å². The molecule has 0 bridgehead atoms. The van der Waals surface area contributed by atoms with E-state index in [0.29, 0.717) is 31.6 Å². The molecule has 1 fully saturated rings. The van der Waals surface area contributed by atoms with Crippen LogP contribution in [0, 0.1) is 19.8 Å². The number of ether oxygens (including phenoxy) is 1. The molecular weight excluding hydrogens is 368 g/mol. The van der Waals surface area contributed by atoms with E-state index in [1.54, 1.807) is 24.0 Å². The molecule has 7 nitrogen and oxygen atoms in total. The molecule has 1 heterocycles. The van der Waals surface area contributed by atoms with Gasteiger partial charge in [0.05, 0.1) is 25.0 Å². The molecule has 0 aromatic heterocycles. The van der Waals surface area contributed by atoms with Crippen molar-refractivity contribution in [2.24, 2.45) is 5.92 Å². The SMILES string of the molecule is COC(=O)C1CCN(C(=O)[C@H](C)N(c2cc(C)cc(C)c2)S(C)(=O)=O)CC1. The summed E-state index contributed by atoms with van der Waals surface area (Å²) in [6.07, 6.45) is 2.15. The summed E-state index contributed by atoms with van der Waals surface area (Å²) < 4.78 is 30.9.